The van der Waals surface area contributed by atoms with Crippen LogP contribution in [0.2, 0.25) is 5.02 Å². The Hall–Kier alpha value is -2.62. The smallest absolute Gasteiger partial charge is 0.319 e. The minimum Gasteiger partial charge on any atom is -0.365 e. The normalized spacial score (nSPS) is 17.6. The molecule has 5 rings (SSSR count). The molecule has 2 amide bonds. The molecule has 3 aromatic rings. The second-order valence-corrected chi connectivity index (χ2v) is 12.6. The van der Waals surface area contributed by atoms with Gasteiger partial charge < -0.3 is 14.7 Å². The number of piperazine rings is 1. The molecule has 3 aromatic heterocycles. The molecule has 0 bridgehead atoms. The van der Waals surface area contributed by atoms with Crippen LogP contribution in [0.5, 0.6) is 0 Å². The van der Waals surface area contributed by atoms with E-state index in [2.05, 4.69) is 19.9 Å². The summed E-state index contributed by atoms with van der Waals surface area (Å²) in [6.07, 6.45) is 1.47. The van der Waals surface area contributed by atoms with Gasteiger partial charge in [-0.2, -0.15) is 0 Å². The Kier molecular flexibility index (Phi) is 6.53. The maximum absolute atomic E-state index is 13.4. The fourth-order valence-corrected chi connectivity index (χ4v) is 7.00. The topological polar surface area (TPSA) is 116 Å². The summed E-state index contributed by atoms with van der Waals surface area (Å²) in [6.45, 7) is 3.43. The van der Waals surface area contributed by atoms with Gasteiger partial charge in [0, 0.05) is 52.0 Å². The van der Waals surface area contributed by atoms with Crippen molar-refractivity contribution in [1.29, 1.82) is 0 Å². The van der Waals surface area contributed by atoms with E-state index in [9.17, 15) is 22.0 Å². The van der Waals surface area contributed by atoms with Gasteiger partial charge in [-0.05, 0) is 19.8 Å². The zero-order valence-corrected chi connectivity index (χ0v) is 22.7. The zero-order chi connectivity index (χ0) is 26.7. The van der Waals surface area contributed by atoms with Crippen LogP contribution in [-0.4, -0.2) is 89.6 Å². The highest BCUT2D eigenvalue weighted by Gasteiger charge is 2.42. The molecule has 1 saturated carbocycles. The molecule has 2 aliphatic rings. The van der Waals surface area contributed by atoms with Gasteiger partial charge in [0.2, 0.25) is 10.0 Å². The molecule has 16 heteroatoms. The van der Waals surface area contributed by atoms with Gasteiger partial charge in [-0.3, -0.25) is 4.40 Å². The third-order valence-corrected chi connectivity index (χ3v) is 9.52. The van der Waals surface area contributed by atoms with Crippen molar-refractivity contribution < 1.29 is 22.0 Å². The monoisotopic (exact) mass is 574 g/mol. The Labute approximate surface area is 221 Å². The number of hydrogen-bond acceptors (Lipinski definition) is 8. The Morgan fingerprint density at radius 2 is 1.89 bits per heavy atom. The first-order valence-corrected chi connectivity index (χ1v) is 14.1. The Morgan fingerprint density at radius 1 is 1.22 bits per heavy atom. The molecule has 0 radical (unpaired) electrons. The second-order valence-electron chi connectivity index (χ2n) is 9.56. The van der Waals surface area contributed by atoms with Gasteiger partial charge >= 0.3 is 6.03 Å². The van der Waals surface area contributed by atoms with E-state index in [-0.39, 0.29) is 26.8 Å². The molecule has 37 heavy (non-hydrogen) atoms. The molecule has 0 spiro atoms. The Morgan fingerprint density at radius 3 is 2.46 bits per heavy atom. The van der Waals surface area contributed by atoms with E-state index in [1.165, 1.54) is 21.7 Å². The van der Waals surface area contributed by atoms with Crippen LogP contribution >= 0.6 is 22.9 Å². The van der Waals surface area contributed by atoms with Crippen LogP contribution in [0.4, 0.5) is 19.3 Å². The van der Waals surface area contributed by atoms with E-state index in [4.69, 9.17) is 11.6 Å². The lowest BCUT2D eigenvalue weighted by atomic mass is 10.2. The molecule has 1 aliphatic carbocycles. The number of pyridine rings is 1. The Balaban J connectivity index is 1.62. The molecule has 0 aromatic carbocycles. The molecule has 1 saturated heterocycles. The summed E-state index contributed by atoms with van der Waals surface area (Å²) in [5.74, 6) is 0.174. The van der Waals surface area contributed by atoms with Gasteiger partial charge in [0.25, 0.3) is 6.43 Å². The van der Waals surface area contributed by atoms with E-state index in [0.717, 1.165) is 0 Å². The molecule has 2 fully saturated rings. The summed E-state index contributed by atoms with van der Waals surface area (Å²) in [5.41, 5.74) is 0.371. The van der Waals surface area contributed by atoms with Crippen molar-refractivity contribution in [2.24, 2.45) is 0 Å². The number of nitrogens with one attached hydrogen (secondary N) is 1. The number of carbonyl (C=O) groups excluding carboxylic acids is 1. The highest BCUT2D eigenvalue weighted by Crippen LogP contribution is 2.41. The molecule has 0 unspecified atom stereocenters. The third-order valence-electron chi connectivity index (χ3n) is 6.45. The molecule has 11 nitrogen and oxygen atoms in total. The minimum absolute atomic E-state index is 0.0219. The highest BCUT2D eigenvalue weighted by atomic mass is 35.5. The van der Waals surface area contributed by atoms with Crippen molar-refractivity contribution in [2.45, 2.75) is 36.6 Å². The number of rotatable bonds is 6. The van der Waals surface area contributed by atoms with Crippen molar-refractivity contribution in [3.05, 3.63) is 22.4 Å². The van der Waals surface area contributed by atoms with Crippen LogP contribution in [0.3, 0.4) is 0 Å². The summed E-state index contributed by atoms with van der Waals surface area (Å²) < 4.78 is 57.4. The average Bonchev–Trinajstić information content (AvgIpc) is 3.22. The van der Waals surface area contributed by atoms with Crippen LogP contribution in [0.1, 0.15) is 31.2 Å². The number of anilines is 1. The van der Waals surface area contributed by atoms with Gasteiger partial charge in [-0.15, -0.1) is 10.2 Å². The Bertz CT molecular complexity index is 1460. The quantitative estimate of drug-likeness (QED) is 0.481. The second kappa shape index (κ2) is 9.29. The van der Waals surface area contributed by atoms with Crippen LogP contribution in [0.15, 0.2) is 17.3 Å². The number of hydrogen-bond donors (Lipinski definition) is 1. The van der Waals surface area contributed by atoms with E-state index in [0.29, 0.717) is 61.6 Å². The summed E-state index contributed by atoms with van der Waals surface area (Å²) in [4.78, 5) is 21.7. The van der Waals surface area contributed by atoms with Gasteiger partial charge in [0.15, 0.2) is 15.8 Å². The fraction of sp³-hybridized carbons (Fsp3) is 0.524. The minimum atomic E-state index is -4.04. The average molecular weight is 575 g/mol. The van der Waals surface area contributed by atoms with Crippen molar-refractivity contribution in [1.82, 2.24) is 34.1 Å². The molecule has 200 valence electrons. The summed E-state index contributed by atoms with van der Waals surface area (Å²) in [6, 6.07) is -0.119. The number of carbonyl (C=O) groups is 1. The predicted octanol–water partition coefficient (Wildman–Crippen LogP) is 3.08. The van der Waals surface area contributed by atoms with Crippen molar-refractivity contribution in [3.63, 3.8) is 0 Å². The van der Waals surface area contributed by atoms with Gasteiger partial charge in [-0.1, -0.05) is 22.9 Å². The number of sulfonamides is 1. The number of aromatic nitrogens is 4. The van der Waals surface area contributed by atoms with Gasteiger partial charge in [-0.25, -0.2) is 31.7 Å². The fourth-order valence-electron chi connectivity index (χ4n) is 4.20. The number of imidazole rings is 1. The van der Waals surface area contributed by atoms with E-state index in [1.54, 1.807) is 19.0 Å². The van der Waals surface area contributed by atoms with Crippen LogP contribution < -0.4 is 9.62 Å². The molecular formula is C21H25ClF2N8O3S2. The van der Waals surface area contributed by atoms with Crippen LogP contribution in [0.25, 0.3) is 16.3 Å². The number of nitrogens with zero attached hydrogens (tertiary/aromatic N) is 7. The van der Waals surface area contributed by atoms with Gasteiger partial charge in [0.05, 0.1) is 22.4 Å². The van der Waals surface area contributed by atoms with Crippen molar-refractivity contribution in [2.75, 3.05) is 45.2 Å². The summed E-state index contributed by atoms with van der Waals surface area (Å²) >= 11 is 7.47. The molecular weight excluding hydrogens is 550 g/mol. The SMILES string of the molecule is CN(C)C(=O)N1CCN(c2c(Cl)c(S(=O)(=O)NC3(C)CC3)cn3c(-c4nnc(C(F)F)s4)ncc23)CC1. The summed E-state index contributed by atoms with van der Waals surface area (Å²) in [5, 5.41) is 7.06. The maximum atomic E-state index is 13.4. The molecule has 0 atom stereocenters. The predicted molar refractivity (Wildman–Crippen MR) is 135 cm³/mol. The number of halogens is 3. The third kappa shape index (κ3) is 4.84. The summed E-state index contributed by atoms with van der Waals surface area (Å²) in [7, 11) is -0.684. The van der Waals surface area contributed by atoms with Crippen LogP contribution in [0, 0.1) is 0 Å². The van der Waals surface area contributed by atoms with E-state index >= 15 is 0 Å². The largest absolute Gasteiger partial charge is 0.365 e. The number of urea groups is 1. The highest BCUT2D eigenvalue weighted by molar-refractivity contribution is 7.89. The van der Waals surface area contributed by atoms with Crippen molar-refractivity contribution in [3.8, 4) is 10.8 Å². The standard InChI is InChI=1S/C21H25ClF2N8O3S2/c1-21(4-5-21)28-37(34,35)13-11-32-12(10-25-17(32)19-27-26-18(36-19)16(23)24)15(14(13)22)30-6-8-31(9-7-30)20(33)29(2)3/h10-11,16,28H,4-9H2,1-3H3. The lowest BCUT2D eigenvalue weighted by Gasteiger charge is -2.37. The molecule has 1 N–H and O–H groups in total. The maximum Gasteiger partial charge on any atom is 0.319 e. The van der Waals surface area contributed by atoms with E-state index in [1.807, 2.05) is 11.8 Å². The first-order chi connectivity index (χ1) is 17.4. The molecule has 1 aliphatic heterocycles. The van der Waals surface area contributed by atoms with E-state index < -0.39 is 27.0 Å². The molecule has 4 heterocycles. The number of fused-ring (bicyclic) bond motifs is 1. The first kappa shape index (κ1) is 26.0. The number of amides is 2. The first-order valence-electron chi connectivity index (χ1n) is 11.5. The van der Waals surface area contributed by atoms with Crippen LogP contribution in [-0.2, 0) is 10.0 Å². The van der Waals surface area contributed by atoms with Crippen molar-refractivity contribution >= 4 is 50.2 Å². The number of alkyl halides is 2. The zero-order valence-electron chi connectivity index (χ0n) is 20.3. The lowest BCUT2D eigenvalue weighted by molar-refractivity contribution is 0.150. The van der Waals surface area contributed by atoms with Gasteiger partial charge in [0.1, 0.15) is 4.90 Å². The lowest BCUT2D eigenvalue weighted by Crippen LogP contribution is -2.51.